The largest absolute Gasteiger partial charge is 0.508 e. The van der Waals surface area contributed by atoms with Gasteiger partial charge in [0.2, 0.25) is 5.95 Å². The van der Waals surface area contributed by atoms with Crippen molar-refractivity contribution >= 4 is 41.0 Å². The van der Waals surface area contributed by atoms with Gasteiger partial charge in [-0.3, -0.25) is 4.98 Å². The second-order valence-corrected chi connectivity index (χ2v) is 9.25. The van der Waals surface area contributed by atoms with E-state index in [0.717, 1.165) is 28.7 Å². The fourth-order valence-electron chi connectivity index (χ4n) is 4.11. The summed E-state index contributed by atoms with van der Waals surface area (Å²) in [6.45, 7) is 2.15. The Kier molecular flexibility index (Phi) is 7.99. The summed E-state index contributed by atoms with van der Waals surface area (Å²) in [4.78, 5) is 14.4. The van der Waals surface area contributed by atoms with Crippen molar-refractivity contribution in [3.05, 3.63) is 88.6 Å². The lowest BCUT2D eigenvalue weighted by Crippen LogP contribution is -2.37. The first-order chi connectivity index (χ1) is 18.9. The molecular weight excluding hydrogens is 525 g/mol. The van der Waals surface area contributed by atoms with Gasteiger partial charge < -0.3 is 25.2 Å². The summed E-state index contributed by atoms with van der Waals surface area (Å²) in [5.74, 6) is -0.119. The zero-order valence-corrected chi connectivity index (χ0v) is 21.4. The number of hydrogen-bond donors (Lipinski definition) is 4. The Hall–Kier alpha value is -4.48. The molecule has 39 heavy (non-hydrogen) atoms. The number of ether oxygens (including phenoxy) is 1. The molecule has 200 valence electrons. The number of nitrogens with zero attached hydrogens (tertiary/aromatic N) is 5. The van der Waals surface area contributed by atoms with Crippen molar-refractivity contribution in [2.24, 2.45) is 5.10 Å². The molecule has 1 aliphatic rings. The smallest absolute Gasteiger partial charge is 0.245 e. The number of pyridine rings is 1. The van der Waals surface area contributed by atoms with Gasteiger partial charge in [-0.25, -0.2) is 14.8 Å². The van der Waals surface area contributed by atoms with Crippen LogP contribution >= 0.6 is 11.6 Å². The molecule has 3 heterocycles. The molecule has 0 unspecified atom stereocenters. The molecule has 1 saturated heterocycles. The summed E-state index contributed by atoms with van der Waals surface area (Å²) >= 11 is 6.32. The number of phenols is 2. The molecule has 2 aromatic heterocycles. The number of aromatic nitrogens is 3. The second-order valence-electron chi connectivity index (χ2n) is 8.81. The molecule has 12 heteroatoms. The number of rotatable bonds is 8. The van der Waals surface area contributed by atoms with Crippen LogP contribution in [0.4, 0.5) is 27.5 Å². The third-order valence-corrected chi connectivity index (χ3v) is 6.02. The van der Waals surface area contributed by atoms with E-state index in [1.807, 2.05) is 23.1 Å². The number of hydrogen-bond acceptors (Lipinski definition) is 10. The van der Waals surface area contributed by atoms with E-state index >= 15 is 0 Å². The van der Waals surface area contributed by atoms with E-state index in [9.17, 15) is 14.6 Å². The Bertz CT molecular complexity index is 1460. The van der Waals surface area contributed by atoms with Gasteiger partial charge in [-0.2, -0.15) is 10.1 Å². The summed E-state index contributed by atoms with van der Waals surface area (Å²) in [6.07, 6.45) is 4.75. The fourth-order valence-corrected chi connectivity index (χ4v) is 4.36. The average Bonchev–Trinajstić information content (AvgIpc) is 2.90. The molecule has 0 bridgehead atoms. The standard InChI is InChI=1S/C27H25ClFN7O3/c28-19-8-17(7-18-10-23(37)13-24(38)11-18)9-22(12-19)33-21-2-1-20(30-14-21)15-32-35-27-31-16-25(29)26(34-27)36-3-5-39-6-4-36/h1-2,8-16,33,37-38H,3-7H2,(H,31,34,35)/b32-15+. The lowest BCUT2D eigenvalue weighted by Gasteiger charge is -2.27. The highest BCUT2D eigenvalue weighted by Gasteiger charge is 2.17. The Balaban J connectivity index is 1.21. The topological polar surface area (TPSA) is 128 Å². The summed E-state index contributed by atoms with van der Waals surface area (Å²) in [5.41, 5.74) is 6.45. The number of anilines is 4. The van der Waals surface area contributed by atoms with Crippen molar-refractivity contribution in [2.75, 3.05) is 41.9 Å². The minimum absolute atomic E-state index is 0.00166. The Morgan fingerprint density at radius 2 is 1.74 bits per heavy atom. The molecule has 1 fully saturated rings. The van der Waals surface area contributed by atoms with E-state index in [0.29, 0.717) is 43.4 Å². The molecule has 0 atom stereocenters. The number of morpholine rings is 1. The molecule has 0 spiro atoms. The van der Waals surface area contributed by atoms with Gasteiger partial charge in [0.05, 0.1) is 43.2 Å². The molecule has 4 aromatic rings. The van der Waals surface area contributed by atoms with Crippen LogP contribution in [0.1, 0.15) is 16.8 Å². The van der Waals surface area contributed by atoms with E-state index in [-0.39, 0.29) is 23.3 Å². The van der Waals surface area contributed by atoms with Crippen LogP contribution in [-0.2, 0) is 11.2 Å². The first-order valence-corrected chi connectivity index (χ1v) is 12.5. The molecule has 1 aliphatic heterocycles. The predicted octanol–water partition coefficient (Wildman–Crippen LogP) is 4.69. The van der Waals surface area contributed by atoms with Crippen molar-refractivity contribution in [2.45, 2.75) is 6.42 Å². The van der Waals surface area contributed by atoms with Gasteiger partial charge in [-0.05, 0) is 60.0 Å². The van der Waals surface area contributed by atoms with Crippen molar-refractivity contribution in [1.82, 2.24) is 15.0 Å². The number of phenolic OH excluding ortho intramolecular Hbond substituents is 2. The van der Waals surface area contributed by atoms with Gasteiger partial charge >= 0.3 is 0 Å². The van der Waals surface area contributed by atoms with Crippen molar-refractivity contribution in [3.8, 4) is 11.5 Å². The lowest BCUT2D eigenvalue weighted by atomic mass is 10.0. The van der Waals surface area contributed by atoms with E-state index < -0.39 is 5.82 Å². The third-order valence-electron chi connectivity index (χ3n) is 5.80. The maximum absolute atomic E-state index is 14.2. The van der Waals surface area contributed by atoms with Gasteiger partial charge in [0, 0.05) is 29.9 Å². The highest BCUT2D eigenvalue weighted by atomic mass is 35.5. The quantitative estimate of drug-likeness (QED) is 0.183. The molecule has 4 N–H and O–H groups in total. The molecular formula is C27H25ClFN7O3. The van der Waals surface area contributed by atoms with Crippen molar-refractivity contribution in [3.63, 3.8) is 0 Å². The Labute approximate surface area is 228 Å². The summed E-state index contributed by atoms with van der Waals surface area (Å²) in [7, 11) is 0. The van der Waals surface area contributed by atoms with Crippen LogP contribution in [0.15, 0.2) is 66.0 Å². The molecule has 0 aliphatic carbocycles. The van der Waals surface area contributed by atoms with E-state index in [1.165, 1.54) is 12.3 Å². The summed E-state index contributed by atoms with van der Waals surface area (Å²) < 4.78 is 19.5. The molecule has 0 radical (unpaired) electrons. The van der Waals surface area contributed by atoms with Crippen molar-refractivity contribution in [1.29, 1.82) is 0 Å². The maximum atomic E-state index is 14.2. The van der Waals surface area contributed by atoms with E-state index in [4.69, 9.17) is 16.3 Å². The second kappa shape index (κ2) is 11.9. The van der Waals surface area contributed by atoms with Crippen molar-refractivity contribution < 1.29 is 19.3 Å². The first kappa shape index (κ1) is 26.1. The lowest BCUT2D eigenvalue weighted by molar-refractivity contribution is 0.122. The molecule has 0 saturated carbocycles. The van der Waals surface area contributed by atoms with Crippen LogP contribution in [0.25, 0.3) is 0 Å². The van der Waals surface area contributed by atoms with Gasteiger partial charge in [0.15, 0.2) is 11.6 Å². The van der Waals surface area contributed by atoms with Gasteiger partial charge in [0.1, 0.15) is 11.5 Å². The predicted molar refractivity (Wildman–Crippen MR) is 148 cm³/mol. The van der Waals surface area contributed by atoms with Gasteiger partial charge in [-0.1, -0.05) is 11.6 Å². The number of aromatic hydroxyl groups is 2. The molecule has 10 nitrogen and oxygen atoms in total. The van der Waals surface area contributed by atoms with Crippen LogP contribution < -0.4 is 15.6 Å². The zero-order chi connectivity index (χ0) is 27.2. The van der Waals surface area contributed by atoms with Crippen LogP contribution in [0, 0.1) is 5.82 Å². The highest BCUT2D eigenvalue weighted by molar-refractivity contribution is 6.31. The van der Waals surface area contributed by atoms with E-state index in [1.54, 1.807) is 30.5 Å². The minimum atomic E-state index is -0.498. The van der Waals surface area contributed by atoms with Crippen LogP contribution in [0.5, 0.6) is 11.5 Å². The average molecular weight is 550 g/mol. The van der Waals surface area contributed by atoms with Crippen LogP contribution in [-0.4, -0.2) is 57.7 Å². The number of halogens is 2. The molecule has 2 aromatic carbocycles. The maximum Gasteiger partial charge on any atom is 0.245 e. The minimum Gasteiger partial charge on any atom is -0.508 e. The van der Waals surface area contributed by atoms with E-state index in [2.05, 4.69) is 30.8 Å². The SMILES string of the molecule is Oc1cc(O)cc(Cc2cc(Cl)cc(Nc3ccc(/C=N/Nc4ncc(F)c(N5CCOCC5)n4)nc3)c2)c1. The Morgan fingerprint density at radius 3 is 2.49 bits per heavy atom. The summed E-state index contributed by atoms with van der Waals surface area (Å²) in [6, 6.07) is 13.6. The first-order valence-electron chi connectivity index (χ1n) is 12.1. The normalized spacial score (nSPS) is 13.5. The third kappa shape index (κ3) is 7.09. The highest BCUT2D eigenvalue weighted by Crippen LogP contribution is 2.27. The monoisotopic (exact) mass is 549 g/mol. The summed E-state index contributed by atoms with van der Waals surface area (Å²) in [5, 5.41) is 27.4. The Morgan fingerprint density at radius 1 is 0.974 bits per heavy atom. The fraction of sp³-hybridized carbons (Fsp3) is 0.185. The van der Waals surface area contributed by atoms with Crippen LogP contribution in [0.2, 0.25) is 5.02 Å². The number of hydrazone groups is 1. The zero-order valence-electron chi connectivity index (χ0n) is 20.7. The number of nitrogens with one attached hydrogen (secondary N) is 2. The molecule has 5 rings (SSSR count). The van der Waals surface area contributed by atoms with Crippen LogP contribution in [0.3, 0.4) is 0 Å². The number of benzene rings is 2. The van der Waals surface area contributed by atoms with Gasteiger partial charge in [-0.15, -0.1) is 0 Å². The molecule has 0 amide bonds. The van der Waals surface area contributed by atoms with Gasteiger partial charge in [0.25, 0.3) is 0 Å².